The molecule has 0 aliphatic carbocycles. The molecule has 0 unspecified atom stereocenters. The van der Waals surface area contributed by atoms with E-state index in [0.717, 1.165) is 22.8 Å². The number of aromatic nitrogens is 3. The Bertz CT molecular complexity index is 1770. The number of fused-ring (bicyclic) bond motifs is 1. The lowest BCUT2D eigenvalue weighted by molar-refractivity contribution is -0.116. The molecule has 0 saturated carbocycles. The number of ketones is 1. The molecule has 0 amide bonds. The summed E-state index contributed by atoms with van der Waals surface area (Å²) < 4.78 is 62.4. The second-order valence-corrected chi connectivity index (χ2v) is 10.9. The van der Waals surface area contributed by atoms with E-state index in [1.165, 1.54) is 24.1 Å². The number of carbonyl (C=O) groups excluding carboxylic acids is 1. The lowest BCUT2D eigenvalue weighted by Gasteiger charge is -2.09. The largest absolute Gasteiger partial charge is 0.481 e. The van der Waals surface area contributed by atoms with Crippen molar-refractivity contribution in [3.05, 3.63) is 108 Å². The predicted octanol–water partition coefficient (Wildman–Crippen LogP) is 5.02. The van der Waals surface area contributed by atoms with Crippen LogP contribution in [-0.4, -0.2) is 41.6 Å². The van der Waals surface area contributed by atoms with Gasteiger partial charge in [-0.3, -0.25) is 9.78 Å². The number of ether oxygens (including phenoxy) is 1. The monoisotopic (exact) mass is 547 g/mol. The van der Waals surface area contributed by atoms with Gasteiger partial charge in [0.15, 0.2) is 15.6 Å². The van der Waals surface area contributed by atoms with Crippen LogP contribution in [0, 0.1) is 11.6 Å². The predicted molar refractivity (Wildman–Crippen MR) is 142 cm³/mol. The molecule has 0 N–H and O–H groups in total. The van der Waals surface area contributed by atoms with Gasteiger partial charge in [-0.25, -0.2) is 22.2 Å². The van der Waals surface area contributed by atoms with Crippen LogP contribution in [0.3, 0.4) is 0 Å². The van der Waals surface area contributed by atoms with Gasteiger partial charge < -0.3 is 9.30 Å². The van der Waals surface area contributed by atoms with Gasteiger partial charge in [-0.15, -0.1) is 0 Å². The molecule has 3 aromatic heterocycles. The van der Waals surface area contributed by atoms with Crippen molar-refractivity contribution in [2.24, 2.45) is 0 Å². The van der Waals surface area contributed by atoms with Gasteiger partial charge in [-0.1, -0.05) is 24.3 Å². The van der Waals surface area contributed by atoms with E-state index in [9.17, 15) is 22.0 Å². The lowest BCUT2D eigenvalue weighted by Crippen LogP contribution is -2.18. The third kappa shape index (κ3) is 5.70. The molecular weight excluding hydrogens is 524 g/mol. The number of Topliss-reactive ketones (excluding diaryl/α,β-unsaturated/α-hetero) is 1. The van der Waals surface area contributed by atoms with Gasteiger partial charge in [0.05, 0.1) is 22.9 Å². The van der Waals surface area contributed by atoms with Crippen molar-refractivity contribution in [1.82, 2.24) is 14.5 Å². The van der Waals surface area contributed by atoms with Gasteiger partial charge in [-0.2, -0.15) is 0 Å². The summed E-state index contributed by atoms with van der Waals surface area (Å²) in [7, 11) is -2.72. The van der Waals surface area contributed by atoms with E-state index in [2.05, 4.69) is 9.97 Å². The van der Waals surface area contributed by atoms with Crippen molar-refractivity contribution in [3.63, 3.8) is 0 Å². The number of hydrogen-bond donors (Lipinski definition) is 0. The minimum Gasteiger partial charge on any atom is -0.481 e. The molecule has 5 rings (SSSR count). The summed E-state index contributed by atoms with van der Waals surface area (Å²) in [6, 6.07) is 17.7. The van der Waals surface area contributed by atoms with Crippen molar-refractivity contribution in [1.29, 1.82) is 0 Å². The molecule has 3 heterocycles. The Morgan fingerprint density at radius 1 is 0.974 bits per heavy atom. The SMILES string of the molecule is COc1ccc(-c2cccc(Cn3cc(S(=O)(=O)CC(=O)Cc4ccccn4)c4c(F)cc(F)cc43)c2)cn1. The number of nitrogens with zero attached hydrogens (tertiary/aromatic N) is 3. The second kappa shape index (κ2) is 10.7. The first-order valence-electron chi connectivity index (χ1n) is 11.9. The number of methoxy groups -OCH3 is 1. The van der Waals surface area contributed by atoms with E-state index in [4.69, 9.17) is 4.74 Å². The van der Waals surface area contributed by atoms with Crippen LogP contribution in [0.2, 0.25) is 0 Å². The highest BCUT2D eigenvalue weighted by Gasteiger charge is 2.27. The number of hydrogen-bond acceptors (Lipinski definition) is 6. The van der Waals surface area contributed by atoms with E-state index >= 15 is 0 Å². The van der Waals surface area contributed by atoms with Crippen LogP contribution in [0.25, 0.3) is 22.0 Å². The van der Waals surface area contributed by atoms with E-state index < -0.39 is 33.0 Å². The maximum atomic E-state index is 15.0. The molecule has 0 bridgehead atoms. The summed E-state index contributed by atoms with van der Waals surface area (Å²) in [5.41, 5.74) is 2.95. The molecule has 2 aromatic carbocycles. The van der Waals surface area contributed by atoms with E-state index in [0.29, 0.717) is 17.6 Å². The van der Waals surface area contributed by atoms with Crippen molar-refractivity contribution < 1.29 is 26.7 Å². The Hall–Kier alpha value is -4.44. The van der Waals surface area contributed by atoms with Crippen LogP contribution in [0.5, 0.6) is 5.88 Å². The van der Waals surface area contributed by atoms with Gasteiger partial charge in [0, 0.05) is 54.9 Å². The maximum Gasteiger partial charge on any atom is 0.212 e. The fraction of sp³-hybridized carbons (Fsp3) is 0.138. The van der Waals surface area contributed by atoms with Crippen LogP contribution in [0.1, 0.15) is 11.3 Å². The van der Waals surface area contributed by atoms with Crippen molar-refractivity contribution in [2.75, 3.05) is 12.9 Å². The average molecular weight is 548 g/mol. The topological polar surface area (TPSA) is 91.2 Å². The number of sulfone groups is 1. The molecule has 0 aliphatic rings. The summed E-state index contributed by atoms with van der Waals surface area (Å²) in [6.45, 7) is 0.133. The molecule has 39 heavy (non-hydrogen) atoms. The standard InChI is InChI=1S/C29H23F2N3O4S/c1-38-28-9-8-21(15-33-28)20-6-4-5-19(11-20)16-34-17-27(29-25(31)12-22(30)13-26(29)34)39(36,37)18-24(35)14-23-7-2-3-10-32-23/h2-13,15,17H,14,16,18H2,1H3. The third-order valence-electron chi connectivity index (χ3n) is 6.21. The molecule has 0 saturated heterocycles. The maximum absolute atomic E-state index is 15.0. The van der Waals surface area contributed by atoms with E-state index in [1.807, 2.05) is 30.3 Å². The zero-order valence-electron chi connectivity index (χ0n) is 20.8. The highest BCUT2D eigenvalue weighted by atomic mass is 32.2. The Morgan fingerprint density at radius 2 is 1.82 bits per heavy atom. The van der Waals surface area contributed by atoms with Gasteiger partial charge >= 0.3 is 0 Å². The Morgan fingerprint density at radius 3 is 2.54 bits per heavy atom. The lowest BCUT2D eigenvalue weighted by atomic mass is 10.0. The van der Waals surface area contributed by atoms with Crippen molar-refractivity contribution in [3.8, 4) is 17.0 Å². The second-order valence-electron chi connectivity index (χ2n) is 8.99. The van der Waals surface area contributed by atoms with Crippen LogP contribution in [-0.2, 0) is 27.6 Å². The highest BCUT2D eigenvalue weighted by Crippen LogP contribution is 2.31. The Balaban J connectivity index is 1.49. The third-order valence-corrected chi connectivity index (χ3v) is 7.89. The summed E-state index contributed by atoms with van der Waals surface area (Å²) >= 11 is 0. The highest BCUT2D eigenvalue weighted by molar-refractivity contribution is 7.92. The van der Waals surface area contributed by atoms with Crippen LogP contribution in [0.4, 0.5) is 8.78 Å². The smallest absolute Gasteiger partial charge is 0.212 e. The summed E-state index contributed by atoms with van der Waals surface area (Å²) in [5.74, 6) is -2.80. The van der Waals surface area contributed by atoms with Crippen molar-refractivity contribution >= 4 is 26.5 Å². The molecular formula is C29H23F2N3O4S. The minimum absolute atomic E-state index is 0.0692. The van der Waals surface area contributed by atoms with Gasteiger partial charge in [0.2, 0.25) is 5.88 Å². The van der Waals surface area contributed by atoms with Gasteiger partial charge in [-0.05, 0) is 41.5 Å². The Labute approximate surface area is 223 Å². The number of carbonyl (C=O) groups is 1. The molecule has 7 nitrogen and oxygen atoms in total. The van der Waals surface area contributed by atoms with E-state index in [-0.39, 0.29) is 28.8 Å². The molecule has 198 valence electrons. The zero-order valence-corrected chi connectivity index (χ0v) is 21.7. The van der Waals surface area contributed by atoms with Crippen LogP contribution >= 0.6 is 0 Å². The number of rotatable bonds is 9. The van der Waals surface area contributed by atoms with E-state index in [1.54, 1.807) is 30.5 Å². The van der Waals surface area contributed by atoms with Crippen LogP contribution in [0.15, 0.2) is 90.2 Å². The number of pyridine rings is 2. The molecule has 5 aromatic rings. The molecule has 0 radical (unpaired) electrons. The average Bonchev–Trinajstić information content (AvgIpc) is 3.28. The number of halogens is 2. The fourth-order valence-corrected chi connectivity index (χ4v) is 5.92. The first-order chi connectivity index (χ1) is 18.7. The normalized spacial score (nSPS) is 11.6. The summed E-state index contributed by atoms with van der Waals surface area (Å²) in [6.07, 6.45) is 4.26. The van der Waals surface area contributed by atoms with Crippen molar-refractivity contribution in [2.45, 2.75) is 17.9 Å². The van der Waals surface area contributed by atoms with Gasteiger partial charge in [0.1, 0.15) is 17.4 Å². The summed E-state index contributed by atoms with van der Waals surface area (Å²) in [5, 5.41) is -0.252. The molecule has 0 atom stereocenters. The first kappa shape index (κ1) is 26.2. The quantitative estimate of drug-likeness (QED) is 0.257. The molecule has 0 fully saturated rings. The fourth-order valence-electron chi connectivity index (χ4n) is 4.44. The van der Waals surface area contributed by atoms with Crippen LogP contribution < -0.4 is 4.74 Å². The van der Waals surface area contributed by atoms with Gasteiger partial charge in [0.25, 0.3) is 0 Å². The molecule has 0 spiro atoms. The molecule has 10 heteroatoms. The minimum atomic E-state index is -4.25. The first-order valence-corrected chi connectivity index (χ1v) is 13.6. The number of benzene rings is 2. The zero-order chi connectivity index (χ0) is 27.6. The Kier molecular flexibility index (Phi) is 7.21. The summed E-state index contributed by atoms with van der Waals surface area (Å²) in [4.78, 5) is 20.5. The molecule has 0 aliphatic heterocycles.